The molecule has 2 aromatic rings. The number of halogens is 2. The number of benzene rings is 1. The molecule has 1 N–H and O–H groups in total. The van der Waals surface area contributed by atoms with Crippen LogP contribution in [0.5, 0.6) is 0 Å². The first kappa shape index (κ1) is 12.1. The van der Waals surface area contributed by atoms with Crippen LogP contribution in [0.1, 0.15) is 17.0 Å². The van der Waals surface area contributed by atoms with E-state index in [2.05, 4.69) is 10.5 Å². The summed E-state index contributed by atoms with van der Waals surface area (Å²) >= 11 is 5.68. The van der Waals surface area contributed by atoms with Crippen LogP contribution in [0, 0.1) is 12.7 Å². The van der Waals surface area contributed by atoms with Crippen molar-refractivity contribution in [3.05, 3.63) is 52.1 Å². The van der Waals surface area contributed by atoms with Gasteiger partial charge in [0.2, 0.25) is 0 Å². The first-order chi connectivity index (χ1) is 8.15. The topological polar surface area (TPSA) is 38.1 Å². The van der Waals surface area contributed by atoms with Crippen molar-refractivity contribution >= 4 is 11.6 Å². The Labute approximate surface area is 104 Å². The molecule has 0 aliphatic rings. The quantitative estimate of drug-likeness (QED) is 0.911. The third-order valence-electron chi connectivity index (χ3n) is 2.29. The van der Waals surface area contributed by atoms with Crippen molar-refractivity contribution in [2.75, 3.05) is 0 Å². The lowest BCUT2D eigenvalue weighted by Crippen LogP contribution is -2.12. The highest BCUT2D eigenvalue weighted by atomic mass is 35.5. The molecule has 90 valence electrons. The molecule has 1 heterocycles. The highest BCUT2D eigenvalue weighted by molar-refractivity contribution is 6.30. The summed E-state index contributed by atoms with van der Waals surface area (Å²) in [5.41, 5.74) is 1.78. The molecule has 0 bridgehead atoms. The highest BCUT2D eigenvalue weighted by Gasteiger charge is 2.02. The molecule has 0 saturated heterocycles. The lowest BCUT2D eigenvalue weighted by molar-refractivity contribution is 0.369. The van der Waals surface area contributed by atoms with E-state index in [1.807, 2.05) is 13.0 Å². The molecule has 3 nitrogen and oxygen atoms in total. The molecule has 5 heteroatoms. The molecule has 0 atom stereocenters. The van der Waals surface area contributed by atoms with Gasteiger partial charge in [0.25, 0.3) is 0 Å². The maximum absolute atomic E-state index is 12.9. The fourth-order valence-electron chi connectivity index (χ4n) is 1.48. The predicted octanol–water partition coefficient (Wildman–Crippen LogP) is 3.07. The van der Waals surface area contributed by atoms with E-state index in [1.165, 1.54) is 6.07 Å². The Bertz CT molecular complexity index is 513. The summed E-state index contributed by atoms with van der Waals surface area (Å²) in [4.78, 5) is 0. The molecule has 0 amide bonds. The second kappa shape index (κ2) is 5.29. The number of aromatic nitrogens is 1. The number of hydrogen-bond acceptors (Lipinski definition) is 3. The summed E-state index contributed by atoms with van der Waals surface area (Å²) in [6, 6.07) is 6.53. The molecule has 0 unspecified atom stereocenters. The second-order valence-electron chi connectivity index (χ2n) is 3.79. The Morgan fingerprint density at radius 2 is 2.18 bits per heavy atom. The summed E-state index contributed by atoms with van der Waals surface area (Å²) in [6.45, 7) is 3.04. The molecule has 1 aromatic heterocycles. The minimum absolute atomic E-state index is 0.139. The van der Waals surface area contributed by atoms with Gasteiger partial charge in [-0.25, -0.2) is 4.39 Å². The summed E-state index contributed by atoms with van der Waals surface area (Å²) in [7, 11) is 0. The molecule has 0 fully saturated rings. The molecule has 0 spiro atoms. The molecule has 17 heavy (non-hydrogen) atoms. The standard InChI is InChI=1S/C12H12ClFN2O/c1-8-4-10(17-16-8)7-15-6-9-2-3-12(14)11(13)5-9/h2-5,15H,6-7H2,1H3. The molecule has 1 aromatic carbocycles. The minimum atomic E-state index is -0.402. The summed E-state index contributed by atoms with van der Waals surface area (Å²) in [5.74, 6) is 0.372. The van der Waals surface area contributed by atoms with Crippen LogP contribution < -0.4 is 5.32 Å². The van der Waals surface area contributed by atoms with E-state index >= 15 is 0 Å². The van der Waals surface area contributed by atoms with E-state index in [9.17, 15) is 4.39 Å². The smallest absolute Gasteiger partial charge is 0.150 e. The van der Waals surface area contributed by atoms with Gasteiger partial charge in [-0.15, -0.1) is 0 Å². The van der Waals surface area contributed by atoms with Gasteiger partial charge in [0.15, 0.2) is 5.76 Å². The Hall–Kier alpha value is -1.39. The van der Waals surface area contributed by atoms with Crippen molar-refractivity contribution < 1.29 is 8.91 Å². The monoisotopic (exact) mass is 254 g/mol. The van der Waals surface area contributed by atoms with E-state index in [-0.39, 0.29) is 5.02 Å². The average molecular weight is 255 g/mol. The van der Waals surface area contributed by atoms with Crippen LogP contribution in [0.2, 0.25) is 5.02 Å². The van der Waals surface area contributed by atoms with E-state index in [1.54, 1.807) is 12.1 Å². The zero-order chi connectivity index (χ0) is 12.3. The van der Waals surface area contributed by atoms with Crippen molar-refractivity contribution in [1.82, 2.24) is 10.5 Å². The van der Waals surface area contributed by atoms with Crippen molar-refractivity contribution in [3.63, 3.8) is 0 Å². The lowest BCUT2D eigenvalue weighted by Gasteiger charge is -2.03. The summed E-state index contributed by atoms with van der Waals surface area (Å²) < 4.78 is 18.0. The van der Waals surface area contributed by atoms with Gasteiger partial charge in [-0.2, -0.15) is 0 Å². The maximum Gasteiger partial charge on any atom is 0.150 e. The van der Waals surface area contributed by atoms with Crippen molar-refractivity contribution in [2.24, 2.45) is 0 Å². The van der Waals surface area contributed by atoms with Crippen LogP contribution in [0.25, 0.3) is 0 Å². The first-order valence-corrected chi connectivity index (χ1v) is 5.60. The molecule has 2 rings (SSSR count). The maximum atomic E-state index is 12.9. The Morgan fingerprint density at radius 3 is 2.82 bits per heavy atom. The number of aryl methyl sites for hydroxylation is 1. The van der Waals surface area contributed by atoms with E-state index in [4.69, 9.17) is 16.1 Å². The number of nitrogens with zero attached hydrogens (tertiary/aromatic N) is 1. The van der Waals surface area contributed by atoms with Gasteiger partial charge < -0.3 is 9.84 Å². The van der Waals surface area contributed by atoms with Gasteiger partial charge in [0.1, 0.15) is 5.82 Å². The van der Waals surface area contributed by atoms with Crippen LogP contribution in [0.3, 0.4) is 0 Å². The predicted molar refractivity (Wildman–Crippen MR) is 63.2 cm³/mol. The number of hydrogen-bond donors (Lipinski definition) is 1. The first-order valence-electron chi connectivity index (χ1n) is 5.22. The molecule has 0 saturated carbocycles. The van der Waals surface area contributed by atoms with Crippen LogP contribution in [-0.2, 0) is 13.1 Å². The van der Waals surface area contributed by atoms with Crippen LogP contribution in [-0.4, -0.2) is 5.16 Å². The van der Waals surface area contributed by atoms with Gasteiger partial charge in [-0.05, 0) is 24.6 Å². The average Bonchev–Trinajstić information content (AvgIpc) is 2.70. The third-order valence-corrected chi connectivity index (χ3v) is 2.58. The molecule has 0 aliphatic carbocycles. The normalized spacial score (nSPS) is 10.8. The van der Waals surface area contributed by atoms with Gasteiger partial charge in [0, 0.05) is 12.6 Å². The van der Waals surface area contributed by atoms with Gasteiger partial charge in [-0.1, -0.05) is 22.8 Å². The van der Waals surface area contributed by atoms with Crippen molar-refractivity contribution in [3.8, 4) is 0 Å². The fourth-order valence-corrected chi connectivity index (χ4v) is 1.68. The zero-order valence-electron chi connectivity index (χ0n) is 9.34. The third kappa shape index (κ3) is 3.28. The lowest BCUT2D eigenvalue weighted by atomic mass is 10.2. The SMILES string of the molecule is Cc1cc(CNCc2ccc(F)c(Cl)c2)on1. The molecular formula is C12H12ClFN2O. The van der Waals surface area contributed by atoms with E-state index in [0.29, 0.717) is 13.1 Å². The Balaban J connectivity index is 1.87. The van der Waals surface area contributed by atoms with Gasteiger partial charge in [-0.3, -0.25) is 0 Å². The second-order valence-corrected chi connectivity index (χ2v) is 4.19. The largest absolute Gasteiger partial charge is 0.360 e. The number of nitrogens with one attached hydrogen (secondary N) is 1. The van der Waals surface area contributed by atoms with Gasteiger partial charge >= 0.3 is 0 Å². The van der Waals surface area contributed by atoms with Crippen LogP contribution in [0.15, 0.2) is 28.8 Å². The molecular weight excluding hydrogens is 243 g/mol. The molecule has 0 aliphatic heterocycles. The highest BCUT2D eigenvalue weighted by Crippen LogP contribution is 2.15. The van der Waals surface area contributed by atoms with Crippen LogP contribution >= 0.6 is 11.6 Å². The van der Waals surface area contributed by atoms with Crippen molar-refractivity contribution in [1.29, 1.82) is 0 Å². The fraction of sp³-hybridized carbons (Fsp3) is 0.250. The zero-order valence-corrected chi connectivity index (χ0v) is 10.1. The Morgan fingerprint density at radius 1 is 1.35 bits per heavy atom. The molecule has 0 radical (unpaired) electrons. The van der Waals surface area contributed by atoms with Crippen LogP contribution in [0.4, 0.5) is 4.39 Å². The van der Waals surface area contributed by atoms with Crippen molar-refractivity contribution in [2.45, 2.75) is 20.0 Å². The van der Waals surface area contributed by atoms with E-state index in [0.717, 1.165) is 17.0 Å². The Kier molecular flexibility index (Phi) is 3.76. The summed E-state index contributed by atoms with van der Waals surface area (Å²) in [5, 5.41) is 7.08. The van der Waals surface area contributed by atoms with E-state index < -0.39 is 5.82 Å². The summed E-state index contributed by atoms with van der Waals surface area (Å²) in [6.07, 6.45) is 0. The van der Waals surface area contributed by atoms with Gasteiger partial charge in [0.05, 0.1) is 17.3 Å². The minimum Gasteiger partial charge on any atom is -0.360 e. The number of rotatable bonds is 4.